The topological polar surface area (TPSA) is 80.9 Å². The number of hydrogen-bond acceptors (Lipinski definition) is 4. The number of para-hydroxylation sites is 1. The number of anilines is 2. The van der Waals surface area contributed by atoms with Gasteiger partial charge in [-0.25, -0.2) is 0 Å². The lowest BCUT2D eigenvalue weighted by Gasteiger charge is -2.16. The molecule has 0 aliphatic heterocycles. The van der Waals surface area contributed by atoms with E-state index in [1.165, 1.54) is 0 Å². The SMILES string of the molecule is Cc1cccc(C(C)C)c1NC(=O)c1ccc(N)nn1. The lowest BCUT2D eigenvalue weighted by Crippen LogP contribution is -2.17. The van der Waals surface area contributed by atoms with Gasteiger partial charge in [0, 0.05) is 5.69 Å². The van der Waals surface area contributed by atoms with Gasteiger partial charge >= 0.3 is 0 Å². The fraction of sp³-hybridized carbons (Fsp3) is 0.267. The van der Waals surface area contributed by atoms with Crippen molar-refractivity contribution in [3.63, 3.8) is 0 Å². The first kappa shape index (κ1) is 14.0. The number of hydrogen-bond donors (Lipinski definition) is 2. The van der Waals surface area contributed by atoms with Crippen LogP contribution in [0.4, 0.5) is 11.5 Å². The number of carbonyl (C=O) groups excluding carboxylic acids is 1. The third kappa shape index (κ3) is 2.93. The van der Waals surface area contributed by atoms with E-state index in [1.807, 2.05) is 25.1 Å². The van der Waals surface area contributed by atoms with E-state index in [9.17, 15) is 4.79 Å². The Hall–Kier alpha value is -2.43. The highest BCUT2D eigenvalue weighted by Crippen LogP contribution is 2.27. The van der Waals surface area contributed by atoms with Crippen LogP contribution in [0.15, 0.2) is 30.3 Å². The fourth-order valence-electron chi connectivity index (χ4n) is 1.98. The molecule has 0 aliphatic carbocycles. The number of amides is 1. The van der Waals surface area contributed by atoms with Crippen molar-refractivity contribution in [3.8, 4) is 0 Å². The Morgan fingerprint density at radius 1 is 1.20 bits per heavy atom. The standard InChI is InChI=1S/C15H18N4O/c1-9(2)11-6-4-5-10(3)14(11)17-15(20)12-7-8-13(16)19-18-12/h4-9H,1-3H3,(H2,16,19)(H,17,20). The molecule has 5 heteroatoms. The lowest BCUT2D eigenvalue weighted by atomic mass is 9.98. The van der Waals surface area contributed by atoms with Crippen molar-refractivity contribution >= 4 is 17.4 Å². The lowest BCUT2D eigenvalue weighted by molar-refractivity contribution is 0.102. The number of nitrogens with two attached hydrogens (primary N) is 1. The second kappa shape index (κ2) is 5.69. The highest BCUT2D eigenvalue weighted by atomic mass is 16.1. The van der Waals surface area contributed by atoms with Crippen LogP contribution in [0.3, 0.4) is 0 Å². The number of nitrogens with one attached hydrogen (secondary N) is 1. The van der Waals surface area contributed by atoms with Crippen molar-refractivity contribution in [2.45, 2.75) is 26.7 Å². The van der Waals surface area contributed by atoms with E-state index < -0.39 is 0 Å². The molecule has 1 amide bonds. The molecule has 5 nitrogen and oxygen atoms in total. The maximum Gasteiger partial charge on any atom is 0.276 e. The normalized spacial score (nSPS) is 10.6. The van der Waals surface area contributed by atoms with Crippen LogP contribution in [0.2, 0.25) is 0 Å². The van der Waals surface area contributed by atoms with Crippen molar-refractivity contribution in [3.05, 3.63) is 47.2 Å². The third-order valence-corrected chi connectivity index (χ3v) is 3.08. The van der Waals surface area contributed by atoms with Crippen LogP contribution in [-0.4, -0.2) is 16.1 Å². The highest BCUT2D eigenvalue weighted by Gasteiger charge is 2.14. The Morgan fingerprint density at radius 3 is 2.55 bits per heavy atom. The second-order valence-electron chi connectivity index (χ2n) is 4.99. The highest BCUT2D eigenvalue weighted by molar-refractivity contribution is 6.03. The van der Waals surface area contributed by atoms with Gasteiger partial charge in [-0.05, 0) is 36.1 Å². The molecule has 3 N–H and O–H groups in total. The zero-order valence-electron chi connectivity index (χ0n) is 11.8. The van der Waals surface area contributed by atoms with Crippen molar-refractivity contribution < 1.29 is 4.79 Å². The Labute approximate surface area is 118 Å². The molecule has 20 heavy (non-hydrogen) atoms. The molecule has 0 saturated heterocycles. The van der Waals surface area contributed by atoms with Crippen LogP contribution in [-0.2, 0) is 0 Å². The maximum atomic E-state index is 12.2. The molecule has 2 aromatic rings. The number of aromatic nitrogens is 2. The van der Waals surface area contributed by atoms with Gasteiger partial charge in [0.05, 0.1) is 0 Å². The number of nitrogens with zero attached hydrogens (tertiary/aromatic N) is 2. The Balaban J connectivity index is 2.30. The molecule has 0 radical (unpaired) electrons. The molecular formula is C15H18N4O. The fourth-order valence-corrected chi connectivity index (χ4v) is 1.98. The summed E-state index contributed by atoms with van der Waals surface area (Å²) in [4.78, 5) is 12.2. The molecule has 0 atom stereocenters. The van der Waals surface area contributed by atoms with E-state index >= 15 is 0 Å². The predicted octanol–water partition coefficient (Wildman–Crippen LogP) is 2.74. The molecule has 0 saturated carbocycles. The monoisotopic (exact) mass is 270 g/mol. The van der Waals surface area contributed by atoms with Crippen LogP contribution in [0.25, 0.3) is 0 Å². The number of benzene rings is 1. The van der Waals surface area contributed by atoms with E-state index in [1.54, 1.807) is 12.1 Å². The number of carbonyl (C=O) groups is 1. The van der Waals surface area contributed by atoms with Crippen molar-refractivity contribution in [2.24, 2.45) is 0 Å². The molecule has 1 aromatic heterocycles. The maximum absolute atomic E-state index is 12.2. The van der Waals surface area contributed by atoms with Gasteiger partial charge in [-0.15, -0.1) is 10.2 Å². The molecule has 104 valence electrons. The van der Waals surface area contributed by atoms with E-state index in [0.717, 1.165) is 16.8 Å². The summed E-state index contributed by atoms with van der Waals surface area (Å²) in [5, 5.41) is 10.4. The summed E-state index contributed by atoms with van der Waals surface area (Å²) in [6, 6.07) is 9.09. The summed E-state index contributed by atoms with van der Waals surface area (Å²) in [5.41, 5.74) is 8.67. The molecule has 0 spiro atoms. The molecule has 0 unspecified atom stereocenters. The van der Waals surface area contributed by atoms with Gasteiger partial charge in [-0.2, -0.15) is 0 Å². The quantitative estimate of drug-likeness (QED) is 0.898. The summed E-state index contributed by atoms with van der Waals surface area (Å²) in [7, 11) is 0. The van der Waals surface area contributed by atoms with Gasteiger partial charge in [0.25, 0.3) is 5.91 Å². The molecule has 0 fully saturated rings. The number of nitrogen functional groups attached to an aromatic ring is 1. The molecular weight excluding hydrogens is 252 g/mol. The van der Waals surface area contributed by atoms with E-state index in [-0.39, 0.29) is 11.6 Å². The Morgan fingerprint density at radius 2 is 1.95 bits per heavy atom. The first-order valence-electron chi connectivity index (χ1n) is 6.49. The predicted molar refractivity (Wildman–Crippen MR) is 79.7 cm³/mol. The van der Waals surface area contributed by atoms with Crippen LogP contribution in [0.5, 0.6) is 0 Å². The van der Waals surface area contributed by atoms with Crippen LogP contribution in [0.1, 0.15) is 41.4 Å². The van der Waals surface area contributed by atoms with Crippen molar-refractivity contribution in [1.82, 2.24) is 10.2 Å². The summed E-state index contributed by atoms with van der Waals surface area (Å²) in [6.45, 7) is 6.15. The minimum absolute atomic E-state index is 0.247. The summed E-state index contributed by atoms with van der Waals surface area (Å²) >= 11 is 0. The van der Waals surface area contributed by atoms with Gasteiger partial charge in [-0.3, -0.25) is 4.79 Å². The van der Waals surface area contributed by atoms with Crippen LogP contribution in [0, 0.1) is 6.92 Å². The largest absolute Gasteiger partial charge is 0.382 e. The molecule has 1 aromatic carbocycles. The Bertz CT molecular complexity index is 620. The Kier molecular flexibility index (Phi) is 3.98. The minimum atomic E-state index is -0.284. The van der Waals surface area contributed by atoms with Gasteiger partial charge in [-0.1, -0.05) is 32.0 Å². The van der Waals surface area contributed by atoms with Crippen molar-refractivity contribution in [1.29, 1.82) is 0 Å². The molecule has 2 rings (SSSR count). The first-order valence-corrected chi connectivity index (χ1v) is 6.49. The van der Waals surface area contributed by atoms with Gasteiger partial charge < -0.3 is 11.1 Å². The van der Waals surface area contributed by atoms with E-state index in [4.69, 9.17) is 5.73 Å². The zero-order chi connectivity index (χ0) is 14.7. The molecule has 0 bridgehead atoms. The number of aryl methyl sites for hydroxylation is 1. The molecule has 1 heterocycles. The van der Waals surface area contributed by atoms with Gasteiger partial charge in [0.2, 0.25) is 0 Å². The summed E-state index contributed by atoms with van der Waals surface area (Å²) in [5.74, 6) is 0.330. The average molecular weight is 270 g/mol. The van der Waals surface area contributed by atoms with Gasteiger partial charge in [0.15, 0.2) is 5.69 Å². The minimum Gasteiger partial charge on any atom is -0.382 e. The number of rotatable bonds is 3. The van der Waals surface area contributed by atoms with Crippen LogP contribution < -0.4 is 11.1 Å². The zero-order valence-corrected chi connectivity index (χ0v) is 11.8. The summed E-state index contributed by atoms with van der Waals surface area (Å²) in [6.07, 6.45) is 0. The van der Waals surface area contributed by atoms with Crippen LogP contribution >= 0.6 is 0 Å². The average Bonchev–Trinajstić information content (AvgIpc) is 2.41. The molecule has 0 aliphatic rings. The smallest absolute Gasteiger partial charge is 0.276 e. The second-order valence-corrected chi connectivity index (χ2v) is 4.99. The van der Waals surface area contributed by atoms with E-state index in [0.29, 0.717) is 11.7 Å². The third-order valence-electron chi connectivity index (χ3n) is 3.08. The summed E-state index contributed by atoms with van der Waals surface area (Å²) < 4.78 is 0. The van der Waals surface area contributed by atoms with Gasteiger partial charge in [0.1, 0.15) is 5.82 Å². The first-order chi connectivity index (χ1) is 9.49. The van der Waals surface area contributed by atoms with E-state index in [2.05, 4.69) is 29.4 Å². The van der Waals surface area contributed by atoms with Crippen molar-refractivity contribution in [2.75, 3.05) is 11.1 Å².